The predicted molar refractivity (Wildman–Crippen MR) is 98.2 cm³/mol. The van der Waals surface area contributed by atoms with Crippen molar-refractivity contribution in [1.82, 2.24) is 15.2 Å². The van der Waals surface area contributed by atoms with E-state index in [1.54, 1.807) is 11.3 Å². The molecule has 0 spiro atoms. The maximum atomic E-state index is 12.7. The number of nitrogens with one attached hydrogen (secondary N) is 1. The molecule has 7 nitrogen and oxygen atoms in total. The number of carboxylic acid groups (broad SMARTS) is 1. The molecular formula is C18H24F3N3O4S. The highest BCUT2D eigenvalue weighted by Gasteiger charge is 2.44. The smallest absolute Gasteiger partial charge is 0.475 e. The Morgan fingerprint density at radius 1 is 1.31 bits per heavy atom. The molecule has 0 radical (unpaired) electrons. The summed E-state index contributed by atoms with van der Waals surface area (Å²) in [7, 11) is 0. The van der Waals surface area contributed by atoms with Crippen molar-refractivity contribution in [2.24, 2.45) is 11.8 Å². The quantitative estimate of drug-likeness (QED) is 0.754. The Hall–Kier alpha value is -1.72. The molecule has 3 aliphatic rings. The minimum Gasteiger partial charge on any atom is -0.475 e. The highest BCUT2D eigenvalue weighted by atomic mass is 32.1. The van der Waals surface area contributed by atoms with E-state index in [1.165, 1.54) is 6.42 Å². The first-order chi connectivity index (χ1) is 13.7. The SMILES string of the molecule is O=C(NC1CCC1)[C@@H]1CN(Cc2nccs2)C[C@H]2OCC[C@H]21.O=C(O)C(F)(F)F. The van der Waals surface area contributed by atoms with E-state index in [9.17, 15) is 18.0 Å². The van der Waals surface area contributed by atoms with E-state index >= 15 is 0 Å². The molecule has 11 heteroatoms. The average Bonchev–Trinajstić information content (AvgIpc) is 3.28. The van der Waals surface area contributed by atoms with Crippen molar-refractivity contribution in [3.05, 3.63) is 16.6 Å². The van der Waals surface area contributed by atoms with Gasteiger partial charge in [0.05, 0.1) is 18.6 Å². The molecule has 2 aliphatic heterocycles. The Labute approximate surface area is 170 Å². The molecule has 162 valence electrons. The maximum absolute atomic E-state index is 12.7. The van der Waals surface area contributed by atoms with Crippen molar-refractivity contribution in [1.29, 1.82) is 0 Å². The summed E-state index contributed by atoms with van der Waals surface area (Å²) in [5.74, 6) is -2.05. The van der Waals surface area contributed by atoms with Crippen LogP contribution in [0.3, 0.4) is 0 Å². The third-order valence-electron chi connectivity index (χ3n) is 5.54. The maximum Gasteiger partial charge on any atom is 0.490 e. The molecule has 0 bridgehead atoms. The molecule has 3 heterocycles. The summed E-state index contributed by atoms with van der Waals surface area (Å²) in [5, 5.41) is 13.5. The molecule has 1 aliphatic carbocycles. The van der Waals surface area contributed by atoms with E-state index < -0.39 is 12.1 Å². The summed E-state index contributed by atoms with van der Waals surface area (Å²) in [5.41, 5.74) is 0. The zero-order chi connectivity index (χ0) is 21.0. The number of carbonyl (C=O) groups excluding carboxylic acids is 1. The van der Waals surface area contributed by atoms with Crippen molar-refractivity contribution in [2.75, 3.05) is 19.7 Å². The minimum atomic E-state index is -5.08. The number of fused-ring (bicyclic) bond motifs is 1. The predicted octanol–water partition coefficient (Wildman–Crippen LogP) is 2.28. The van der Waals surface area contributed by atoms with Crippen molar-refractivity contribution >= 4 is 23.2 Å². The third-order valence-corrected chi connectivity index (χ3v) is 6.31. The largest absolute Gasteiger partial charge is 0.490 e. The van der Waals surface area contributed by atoms with Gasteiger partial charge in [0.25, 0.3) is 0 Å². The van der Waals surface area contributed by atoms with E-state index in [0.29, 0.717) is 12.0 Å². The van der Waals surface area contributed by atoms with Crippen LogP contribution in [0.1, 0.15) is 30.7 Å². The van der Waals surface area contributed by atoms with Crippen LogP contribution in [0.2, 0.25) is 0 Å². The Balaban J connectivity index is 0.000000298. The number of hydrogen-bond acceptors (Lipinski definition) is 6. The Bertz CT molecular complexity index is 697. The van der Waals surface area contributed by atoms with E-state index in [1.807, 2.05) is 11.6 Å². The highest BCUT2D eigenvalue weighted by Crippen LogP contribution is 2.35. The van der Waals surface area contributed by atoms with E-state index in [-0.39, 0.29) is 17.9 Å². The Morgan fingerprint density at radius 2 is 2.03 bits per heavy atom. The first-order valence-corrected chi connectivity index (χ1v) is 10.4. The third kappa shape index (κ3) is 5.89. The fraction of sp³-hybridized carbons (Fsp3) is 0.722. The number of likely N-dealkylation sites (tertiary alicyclic amines) is 1. The van der Waals surface area contributed by atoms with Crippen molar-refractivity contribution in [3.63, 3.8) is 0 Å². The summed E-state index contributed by atoms with van der Waals surface area (Å²) in [4.78, 5) is 28.3. The minimum absolute atomic E-state index is 0.0711. The summed E-state index contributed by atoms with van der Waals surface area (Å²) in [6.45, 7) is 3.39. The van der Waals surface area contributed by atoms with Gasteiger partial charge in [-0.05, 0) is 25.7 Å². The molecule has 0 aromatic carbocycles. The van der Waals surface area contributed by atoms with Gasteiger partial charge in [-0.15, -0.1) is 11.3 Å². The molecule has 1 aromatic heterocycles. The van der Waals surface area contributed by atoms with Crippen LogP contribution in [0.15, 0.2) is 11.6 Å². The molecule has 2 saturated heterocycles. The van der Waals surface area contributed by atoms with E-state index in [2.05, 4.69) is 15.2 Å². The summed E-state index contributed by atoms with van der Waals surface area (Å²) in [6.07, 6.45) is 1.54. The summed E-state index contributed by atoms with van der Waals surface area (Å²) < 4.78 is 37.6. The lowest BCUT2D eigenvalue weighted by Crippen LogP contribution is -2.54. The van der Waals surface area contributed by atoms with Gasteiger partial charge in [0.1, 0.15) is 5.01 Å². The lowest BCUT2D eigenvalue weighted by atomic mass is 9.81. The first kappa shape index (κ1) is 22.0. The molecule has 3 atom stereocenters. The molecule has 2 N–H and O–H groups in total. The second-order valence-corrected chi connectivity index (χ2v) is 8.51. The zero-order valence-electron chi connectivity index (χ0n) is 15.7. The van der Waals surface area contributed by atoms with Gasteiger partial charge in [-0.25, -0.2) is 9.78 Å². The van der Waals surface area contributed by atoms with E-state index in [0.717, 1.165) is 50.5 Å². The van der Waals surface area contributed by atoms with Crippen LogP contribution in [-0.4, -0.2) is 64.9 Å². The van der Waals surface area contributed by atoms with Gasteiger partial charge < -0.3 is 15.2 Å². The second-order valence-electron chi connectivity index (χ2n) is 7.53. The molecule has 29 heavy (non-hydrogen) atoms. The number of halogens is 3. The number of thiazole rings is 1. The topological polar surface area (TPSA) is 91.8 Å². The fourth-order valence-electron chi connectivity index (χ4n) is 3.85. The number of hydrogen-bond donors (Lipinski definition) is 2. The number of carboxylic acids is 1. The zero-order valence-corrected chi connectivity index (χ0v) is 16.5. The van der Waals surface area contributed by atoms with Gasteiger partial charge in [-0.3, -0.25) is 9.69 Å². The summed E-state index contributed by atoms with van der Waals surface area (Å²) >= 11 is 1.68. The number of rotatable bonds is 4. The number of alkyl halides is 3. The number of amides is 1. The summed E-state index contributed by atoms with van der Waals surface area (Å²) in [6, 6.07) is 0.419. The van der Waals surface area contributed by atoms with Crippen LogP contribution in [0.5, 0.6) is 0 Å². The van der Waals surface area contributed by atoms with Crippen LogP contribution in [0.25, 0.3) is 0 Å². The van der Waals surface area contributed by atoms with Gasteiger partial charge in [-0.1, -0.05) is 0 Å². The van der Waals surface area contributed by atoms with Gasteiger partial charge in [0.15, 0.2) is 0 Å². The average molecular weight is 435 g/mol. The number of nitrogens with zero attached hydrogens (tertiary/aromatic N) is 2. The van der Waals surface area contributed by atoms with Crippen molar-refractivity contribution in [3.8, 4) is 0 Å². The lowest BCUT2D eigenvalue weighted by molar-refractivity contribution is -0.192. The number of aliphatic carboxylic acids is 1. The van der Waals surface area contributed by atoms with Crippen LogP contribution < -0.4 is 5.32 Å². The molecule has 3 fully saturated rings. The van der Waals surface area contributed by atoms with Gasteiger partial charge in [-0.2, -0.15) is 13.2 Å². The molecule has 1 amide bonds. The second kappa shape index (κ2) is 9.40. The molecular weight excluding hydrogens is 411 g/mol. The number of ether oxygens (including phenoxy) is 1. The number of carbonyl (C=O) groups is 2. The van der Waals surface area contributed by atoms with Crippen LogP contribution in [-0.2, 0) is 20.9 Å². The molecule has 0 unspecified atom stereocenters. The first-order valence-electron chi connectivity index (χ1n) is 9.57. The Morgan fingerprint density at radius 3 is 2.59 bits per heavy atom. The van der Waals surface area contributed by atoms with Gasteiger partial charge in [0.2, 0.25) is 5.91 Å². The normalized spacial score (nSPS) is 27.3. The van der Waals surface area contributed by atoms with Crippen LogP contribution >= 0.6 is 11.3 Å². The van der Waals surface area contributed by atoms with Crippen molar-refractivity contribution < 1.29 is 32.6 Å². The fourth-order valence-corrected chi connectivity index (χ4v) is 4.50. The molecule has 1 aromatic rings. The highest BCUT2D eigenvalue weighted by molar-refractivity contribution is 7.09. The number of piperidine rings is 1. The van der Waals surface area contributed by atoms with Crippen LogP contribution in [0, 0.1) is 11.8 Å². The van der Waals surface area contributed by atoms with Gasteiger partial charge >= 0.3 is 12.1 Å². The van der Waals surface area contributed by atoms with E-state index in [4.69, 9.17) is 14.6 Å². The molecule has 4 rings (SSSR count). The van der Waals surface area contributed by atoms with Gasteiger partial charge in [0, 0.05) is 43.2 Å². The molecule has 1 saturated carbocycles. The standard InChI is InChI=1S/C16H23N3O2S.C2HF3O2/c20-16(18-11-2-1-3-11)13-8-19(10-15-17-5-7-22-15)9-14-12(13)4-6-21-14;3-2(4,5)1(6)7/h5,7,11-14H,1-4,6,8-10H2,(H,18,20);(H,6,7)/t12-,13+,14+;/m0./s1. The Kier molecular flexibility index (Phi) is 7.12. The number of aromatic nitrogens is 1. The monoisotopic (exact) mass is 435 g/mol. The van der Waals surface area contributed by atoms with Crippen LogP contribution in [0.4, 0.5) is 13.2 Å². The lowest BCUT2D eigenvalue weighted by Gasteiger charge is -2.40. The van der Waals surface area contributed by atoms with Crippen molar-refractivity contribution in [2.45, 2.75) is 50.6 Å².